The predicted octanol–water partition coefficient (Wildman–Crippen LogP) is 1.38. The summed E-state index contributed by atoms with van der Waals surface area (Å²) >= 11 is 0. The molecule has 5 nitrogen and oxygen atoms in total. The van der Waals surface area contributed by atoms with Crippen LogP contribution in [0.3, 0.4) is 0 Å². The second kappa shape index (κ2) is 4.86. The molecular weight excluding hydrogens is 297 g/mol. The lowest BCUT2D eigenvalue weighted by atomic mass is 10.2. The molecule has 1 aromatic rings. The zero-order valence-corrected chi connectivity index (χ0v) is 10.2. The Bertz CT molecular complexity index is 604. The molecule has 0 fully saturated rings. The van der Waals surface area contributed by atoms with Crippen LogP contribution in [0.5, 0.6) is 0 Å². The molecule has 0 saturated heterocycles. The van der Waals surface area contributed by atoms with Crippen LogP contribution in [-0.2, 0) is 29.6 Å². The first-order valence-corrected chi connectivity index (χ1v) is 7.31. The van der Waals surface area contributed by atoms with Crippen molar-refractivity contribution >= 4 is 20.2 Å². The van der Waals surface area contributed by atoms with Gasteiger partial charge in [0.2, 0.25) is 0 Å². The van der Waals surface area contributed by atoms with Gasteiger partial charge in [-0.2, -0.15) is 30.0 Å². The third-order valence-corrected chi connectivity index (χ3v) is 4.46. The average molecular weight is 304 g/mol. The minimum absolute atomic E-state index is 0.106. The third kappa shape index (κ3) is 3.96. The summed E-state index contributed by atoms with van der Waals surface area (Å²) in [7, 11) is -11.0. The molecule has 0 heterocycles. The van der Waals surface area contributed by atoms with Crippen LogP contribution in [0.4, 0.5) is 13.2 Å². The molecule has 0 unspecified atom stereocenters. The van der Waals surface area contributed by atoms with Gasteiger partial charge in [-0.05, 0) is 5.56 Å². The summed E-state index contributed by atoms with van der Waals surface area (Å²) in [5, 5.41) is 0. The topological polar surface area (TPSA) is 77.5 Å². The highest BCUT2D eigenvalue weighted by Gasteiger charge is 2.50. The van der Waals surface area contributed by atoms with E-state index >= 15 is 0 Å². The van der Waals surface area contributed by atoms with Gasteiger partial charge in [-0.3, -0.25) is 0 Å². The van der Waals surface area contributed by atoms with Crippen LogP contribution in [-0.4, -0.2) is 22.3 Å². The average Bonchev–Trinajstić information content (AvgIpc) is 2.14. The van der Waals surface area contributed by atoms with E-state index in [-0.39, 0.29) is 5.56 Å². The number of halogens is 3. The van der Waals surface area contributed by atoms with Crippen LogP contribution in [0.2, 0.25) is 0 Å². The highest BCUT2D eigenvalue weighted by Crippen LogP contribution is 2.26. The first-order chi connectivity index (χ1) is 8.04. The van der Waals surface area contributed by atoms with Crippen LogP contribution in [0.15, 0.2) is 30.3 Å². The van der Waals surface area contributed by atoms with Crippen LogP contribution < -0.4 is 0 Å². The van der Waals surface area contributed by atoms with Gasteiger partial charge < -0.3 is 0 Å². The Kier molecular flexibility index (Phi) is 4.03. The molecule has 0 radical (unpaired) electrons. The van der Waals surface area contributed by atoms with E-state index in [9.17, 15) is 30.0 Å². The van der Waals surface area contributed by atoms with Gasteiger partial charge >= 0.3 is 15.6 Å². The monoisotopic (exact) mass is 304 g/mol. The van der Waals surface area contributed by atoms with Gasteiger partial charge in [0, 0.05) is 0 Å². The Hall–Kier alpha value is -1.13. The molecule has 0 aliphatic heterocycles. The Labute approximate surface area is 101 Å². The van der Waals surface area contributed by atoms with E-state index in [1.54, 1.807) is 6.07 Å². The first kappa shape index (κ1) is 14.9. The Morgan fingerprint density at radius 2 is 1.50 bits per heavy atom. The Morgan fingerprint density at radius 3 is 1.94 bits per heavy atom. The molecule has 18 heavy (non-hydrogen) atoms. The van der Waals surface area contributed by atoms with Crippen molar-refractivity contribution in [3.05, 3.63) is 35.9 Å². The maximum absolute atomic E-state index is 11.9. The molecule has 0 amide bonds. The Morgan fingerprint density at radius 1 is 1.00 bits per heavy atom. The molecule has 1 rings (SSSR count). The summed E-state index contributed by atoms with van der Waals surface area (Å²) in [6.07, 6.45) is 0. The molecule has 10 heteroatoms. The normalized spacial score (nSPS) is 13.5. The molecule has 0 saturated carbocycles. The molecule has 1 aromatic carbocycles. The summed E-state index contributed by atoms with van der Waals surface area (Å²) in [5.41, 5.74) is -5.67. The van der Waals surface area contributed by atoms with Gasteiger partial charge in [-0.15, -0.1) is 3.63 Å². The summed E-state index contributed by atoms with van der Waals surface area (Å²) in [4.78, 5) is 0. The van der Waals surface area contributed by atoms with Crippen LogP contribution in [0.25, 0.3) is 0 Å². The highest BCUT2D eigenvalue weighted by atomic mass is 32.3. The zero-order valence-electron chi connectivity index (χ0n) is 8.59. The smallest absolute Gasteiger partial charge is 0.198 e. The van der Waals surface area contributed by atoms with Gasteiger partial charge in [0.15, 0.2) is 0 Å². The van der Waals surface area contributed by atoms with Crippen molar-refractivity contribution < 1.29 is 33.6 Å². The van der Waals surface area contributed by atoms with Crippen LogP contribution >= 0.6 is 0 Å². The second-order valence-electron chi connectivity index (χ2n) is 3.16. The molecule has 0 aliphatic carbocycles. The van der Waals surface area contributed by atoms with E-state index in [4.69, 9.17) is 0 Å². The van der Waals surface area contributed by atoms with E-state index in [1.165, 1.54) is 24.3 Å². The molecule has 0 aromatic heterocycles. The van der Waals surface area contributed by atoms with E-state index < -0.39 is 31.5 Å². The fourth-order valence-corrected chi connectivity index (χ4v) is 3.17. The van der Waals surface area contributed by atoms with Crippen molar-refractivity contribution in [1.29, 1.82) is 0 Å². The lowest BCUT2D eigenvalue weighted by Gasteiger charge is -2.08. The minimum Gasteiger partial charge on any atom is -0.198 e. The largest absolute Gasteiger partial charge is 0.524 e. The number of benzene rings is 1. The van der Waals surface area contributed by atoms with Gasteiger partial charge in [-0.25, -0.2) is 0 Å². The van der Waals surface area contributed by atoms with Gasteiger partial charge in [-0.1, -0.05) is 30.3 Å². The number of rotatable bonds is 4. The number of hydrogen-bond donors (Lipinski definition) is 0. The quantitative estimate of drug-likeness (QED) is 0.785. The maximum atomic E-state index is 11.9. The fraction of sp³-hybridized carbons (Fsp3) is 0.250. The van der Waals surface area contributed by atoms with Crippen molar-refractivity contribution in [2.45, 2.75) is 11.3 Å². The zero-order chi connectivity index (χ0) is 14.0. The maximum Gasteiger partial charge on any atom is 0.524 e. The van der Waals surface area contributed by atoms with Crippen molar-refractivity contribution in [3.8, 4) is 0 Å². The molecule has 0 N–H and O–H groups in total. The number of alkyl halides is 3. The van der Waals surface area contributed by atoms with E-state index in [0.717, 1.165) is 0 Å². The van der Waals surface area contributed by atoms with Crippen LogP contribution in [0, 0.1) is 0 Å². The lowest BCUT2D eigenvalue weighted by Crippen LogP contribution is -2.28. The summed E-state index contributed by atoms with van der Waals surface area (Å²) in [6.45, 7) is 0. The molecule has 0 bridgehead atoms. The van der Waals surface area contributed by atoms with Crippen molar-refractivity contribution in [1.82, 2.24) is 0 Å². The Balaban J connectivity index is 2.92. The predicted molar refractivity (Wildman–Crippen MR) is 55.1 cm³/mol. The van der Waals surface area contributed by atoms with Gasteiger partial charge in [0.25, 0.3) is 10.1 Å². The van der Waals surface area contributed by atoms with E-state index in [2.05, 4.69) is 3.63 Å². The first-order valence-electron chi connectivity index (χ1n) is 4.32. The van der Waals surface area contributed by atoms with Crippen molar-refractivity contribution in [2.75, 3.05) is 0 Å². The summed E-state index contributed by atoms with van der Waals surface area (Å²) in [5.74, 6) is -0.969. The van der Waals surface area contributed by atoms with Crippen molar-refractivity contribution in [3.63, 3.8) is 0 Å². The highest BCUT2D eigenvalue weighted by molar-refractivity contribution is 7.99. The second-order valence-corrected chi connectivity index (χ2v) is 6.48. The van der Waals surface area contributed by atoms with Gasteiger partial charge in [0.1, 0.15) is 5.75 Å². The SMILES string of the molecule is O=S(=O)(Cc1ccccc1)OS(=O)(=O)C(F)(F)F. The van der Waals surface area contributed by atoms with Gasteiger partial charge in [0.05, 0.1) is 0 Å². The molecule has 0 aliphatic rings. The lowest BCUT2D eigenvalue weighted by molar-refractivity contribution is -0.0498. The summed E-state index contributed by atoms with van der Waals surface area (Å²) < 4.78 is 82.4. The third-order valence-electron chi connectivity index (χ3n) is 1.66. The fourth-order valence-electron chi connectivity index (χ4n) is 0.977. The van der Waals surface area contributed by atoms with E-state index in [0.29, 0.717) is 0 Å². The molecule has 0 atom stereocenters. The molecule has 102 valence electrons. The summed E-state index contributed by atoms with van der Waals surface area (Å²) in [6, 6.07) is 7.07. The standard InChI is InChI=1S/C8H7F3O5S2/c9-8(10,11)18(14,15)16-17(12,13)6-7-4-2-1-3-5-7/h1-5H,6H2. The van der Waals surface area contributed by atoms with E-state index in [1.807, 2.05) is 0 Å². The molecule has 0 spiro atoms. The number of hydrogen-bond acceptors (Lipinski definition) is 5. The van der Waals surface area contributed by atoms with Crippen molar-refractivity contribution in [2.24, 2.45) is 0 Å². The molecular formula is C8H7F3O5S2. The van der Waals surface area contributed by atoms with Crippen LogP contribution in [0.1, 0.15) is 5.56 Å². The minimum atomic E-state index is -6.16.